The van der Waals surface area contributed by atoms with E-state index in [0.29, 0.717) is 0 Å². The van der Waals surface area contributed by atoms with Crippen LogP contribution in [0.5, 0.6) is 0 Å². The number of aliphatic hydroxyl groups is 1. The summed E-state index contributed by atoms with van der Waals surface area (Å²) in [4.78, 5) is 0. The van der Waals surface area contributed by atoms with E-state index < -0.39 is 5.60 Å². The average molecular weight is 202 g/mol. The summed E-state index contributed by atoms with van der Waals surface area (Å²) in [5.74, 6) is 0.937. The van der Waals surface area contributed by atoms with Crippen LogP contribution in [0.25, 0.3) is 11.0 Å². The fourth-order valence-corrected chi connectivity index (χ4v) is 2.02. The molecule has 2 heteroatoms. The van der Waals surface area contributed by atoms with Crippen molar-refractivity contribution in [3.63, 3.8) is 0 Å². The summed E-state index contributed by atoms with van der Waals surface area (Å²) < 4.78 is 5.56. The van der Waals surface area contributed by atoms with E-state index in [0.717, 1.165) is 41.6 Å². The lowest BCUT2D eigenvalue weighted by Gasteiger charge is -2.06. The Labute approximate surface area is 88.5 Å². The van der Waals surface area contributed by atoms with Gasteiger partial charge in [0, 0.05) is 11.8 Å². The lowest BCUT2D eigenvalue weighted by atomic mass is 10.1. The monoisotopic (exact) mass is 202 g/mol. The molecule has 1 N–H and O–H groups in total. The van der Waals surface area contributed by atoms with Gasteiger partial charge in [0.15, 0.2) is 0 Å². The van der Waals surface area contributed by atoms with Crippen LogP contribution in [0.1, 0.15) is 24.2 Å². The molecule has 1 fully saturated rings. The van der Waals surface area contributed by atoms with Gasteiger partial charge in [0.25, 0.3) is 0 Å². The van der Waals surface area contributed by atoms with Gasteiger partial charge < -0.3 is 9.52 Å². The van der Waals surface area contributed by atoms with Gasteiger partial charge >= 0.3 is 0 Å². The maximum Gasteiger partial charge on any atom is 0.134 e. The molecule has 1 heterocycles. The Bertz CT molecular complexity index is 506. The first-order valence-corrected chi connectivity index (χ1v) is 5.36. The molecule has 1 aromatic carbocycles. The van der Waals surface area contributed by atoms with Gasteiger partial charge in [-0.2, -0.15) is 0 Å². The van der Waals surface area contributed by atoms with E-state index in [9.17, 15) is 5.11 Å². The van der Waals surface area contributed by atoms with Crippen molar-refractivity contribution in [3.05, 3.63) is 35.6 Å². The molecule has 0 bridgehead atoms. The predicted octanol–water partition coefficient (Wildman–Crippen LogP) is 2.81. The van der Waals surface area contributed by atoms with Crippen molar-refractivity contribution < 1.29 is 9.52 Å². The Morgan fingerprint density at radius 3 is 2.87 bits per heavy atom. The molecular formula is C13H14O2. The van der Waals surface area contributed by atoms with Crippen LogP contribution < -0.4 is 0 Å². The highest BCUT2D eigenvalue weighted by Gasteiger charge is 2.40. The Hall–Kier alpha value is -1.28. The second-order valence-corrected chi connectivity index (χ2v) is 4.63. The van der Waals surface area contributed by atoms with E-state index in [1.54, 1.807) is 0 Å². The Morgan fingerprint density at radius 2 is 2.13 bits per heavy atom. The summed E-state index contributed by atoms with van der Waals surface area (Å²) in [6, 6.07) is 8.21. The second kappa shape index (κ2) is 2.86. The third-order valence-corrected chi connectivity index (χ3v) is 3.07. The molecule has 0 aliphatic heterocycles. The first kappa shape index (κ1) is 8.98. The number of hydrogen-bond donors (Lipinski definition) is 1. The van der Waals surface area contributed by atoms with Crippen LogP contribution in [-0.4, -0.2) is 10.7 Å². The zero-order valence-electron chi connectivity index (χ0n) is 8.79. The van der Waals surface area contributed by atoms with Gasteiger partial charge in [0.05, 0.1) is 5.60 Å². The summed E-state index contributed by atoms with van der Waals surface area (Å²) in [5.41, 5.74) is 1.67. The summed E-state index contributed by atoms with van der Waals surface area (Å²) in [5, 5.41) is 11.0. The number of hydrogen-bond acceptors (Lipinski definition) is 2. The van der Waals surface area contributed by atoms with Gasteiger partial charge in [0.1, 0.15) is 11.3 Å². The molecule has 0 spiro atoms. The van der Waals surface area contributed by atoms with Crippen LogP contribution in [0.3, 0.4) is 0 Å². The van der Waals surface area contributed by atoms with Crippen molar-refractivity contribution in [3.8, 4) is 0 Å². The van der Waals surface area contributed by atoms with E-state index in [-0.39, 0.29) is 0 Å². The molecule has 1 aliphatic rings. The minimum absolute atomic E-state index is 0.421. The van der Waals surface area contributed by atoms with E-state index in [2.05, 4.69) is 12.1 Å². The molecule has 1 saturated carbocycles. The molecule has 0 radical (unpaired) electrons. The Morgan fingerprint density at radius 1 is 1.33 bits per heavy atom. The normalized spacial score (nSPS) is 18.3. The fourth-order valence-electron chi connectivity index (χ4n) is 2.02. The molecule has 0 unspecified atom stereocenters. The number of aryl methyl sites for hydroxylation is 1. The Balaban J connectivity index is 1.98. The van der Waals surface area contributed by atoms with Crippen molar-refractivity contribution in [1.82, 2.24) is 0 Å². The molecule has 0 saturated heterocycles. The van der Waals surface area contributed by atoms with Crippen molar-refractivity contribution in [2.45, 2.75) is 31.8 Å². The first-order valence-electron chi connectivity index (χ1n) is 5.36. The van der Waals surface area contributed by atoms with Crippen LogP contribution in [0, 0.1) is 6.92 Å². The number of fused-ring (bicyclic) bond motifs is 1. The summed E-state index contributed by atoms with van der Waals surface area (Å²) in [7, 11) is 0. The summed E-state index contributed by atoms with van der Waals surface area (Å²) in [6.45, 7) is 1.95. The molecular weight excluding hydrogens is 188 g/mol. The highest BCUT2D eigenvalue weighted by Crippen LogP contribution is 2.38. The van der Waals surface area contributed by atoms with Gasteiger partial charge in [0.2, 0.25) is 0 Å². The smallest absolute Gasteiger partial charge is 0.134 e. The van der Waals surface area contributed by atoms with Crippen LogP contribution in [0.2, 0.25) is 0 Å². The molecule has 3 rings (SSSR count). The second-order valence-electron chi connectivity index (χ2n) is 4.63. The third-order valence-electron chi connectivity index (χ3n) is 3.07. The van der Waals surface area contributed by atoms with Crippen molar-refractivity contribution in [1.29, 1.82) is 0 Å². The van der Waals surface area contributed by atoms with E-state index >= 15 is 0 Å². The van der Waals surface area contributed by atoms with Gasteiger partial charge in [-0.3, -0.25) is 0 Å². The SMILES string of the molecule is Cc1cc2ccc(CC3(O)CC3)cc2o1. The Kier molecular flexibility index (Phi) is 1.71. The molecule has 15 heavy (non-hydrogen) atoms. The molecule has 1 aromatic heterocycles. The lowest BCUT2D eigenvalue weighted by Crippen LogP contribution is -2.10. The minimum atomic E-state index is -0.421. The molecule has 2 nitrogen and oxygen atoms in total. The van der Waals surface area contributed by atoms with Crippen LogP contribution in [0.15, 0.2) is 28.7 Å². The van der Waals surface area contributed by atoms with Crippen molar-refractivity contribution in [2.24, 2.45) is 0 Å². The standard InChI is InChI=1S/C13H14O2/c1-9-6-11-3-2-10(7-12(11)15-9)8-13(14)4-5-13/h2-3,6-7,14H,4-5,8H2,1H3. The highest BCUT2D eigenvalue weighted by atomic mass is 16.3. The topological polar surface area (TPSA) is 33.4 Å². The van der Waals surface area contributed by atoms with Crippen molar-refractivity contribution in [2.75, 3.05) is 0 Å². The van der Waals surface area contributed by atoms with E-state index in [1.807, 2.05) is 19.1 Å². The van der Waals surface area contributed by atoms with Crippen molar-refractivity contribution >= 4 is 11.0 Å². The quantitative estimate of drug-likeness (QED) is 0.812. The predicted molar refractivity (Wildman–Crippen MR) is 58.8 cm³/mol. The van der Waals surface area contributed by atoms with Gasteiger partial charge in [-0.15, -0.1) is 0 Å². The maximum absolute atomic E-state index is 9.83. The fraction of sp³-hybridized carbons (Fsp3) is 0.385. The average Bonchev–Trinajstić information content (AvgIpc) is 2.76. The van der Waals surface area contributed by atoms with Gasteiger partial charge in [-0.1, -0.05) is 12.1 Å². The van der Waals surface area contributed by atoms with Crippen LogP contribution in [-0.2, 0) is 6.42 Å². The molecule has 1 aliphatic carbocycles. The van der Waals surface area contributed by atoms with Crippen LogP contribution >= 0.6 is 0 Å². The summed E-state index contributed by atoms with van der Waals surface area (Å²) in [6.07, 6.45) is 2.62. The lowest BCUT2D eigenvalue weighted by molar-refractivity contribution is 0.151. The highest BCUT2D eigenvalue weighted by molar-refractivity contribution is 5.78. The first-order chi connectivity index (χ1) is 7.15. The number of benzene rings is 1. The number of furan rings is 1. The number of rotatable bonds is 2. The molecule has 0 amide bonds. The van der Waals surface area contributed by atoms with Gasteiger partial charge in [-0.25, -0.2) is 0 Å². The third kappa shape index (κ3) is 1.65. The van der Waals surface area contributed by atoms with E-state index in [1.165, 1.54) is 0 Å². The zero-order valence-corrected chi connectivity index (χ0v) is 8.79. The molecule has 78 valence electrons. The van der Waals surface area contributed by atoms with Gasteiger partial charge in [-0.05, 0) is 37.5 Å². The molecule has 2 aromatic rings. The maximum atomic E-state index is 9.83. The minimum Gasteiger partial charge on any atom is -0.461 e. The van der Waals surface area contributed by atoms with E-state index in [4.69, 9.17) is 4.42 Å². The zero-order chi connectivity index (χ0) is 10.5. The molecule has 0 atom stereocenters. The largest absolute Gasteiger partial charge is 0.461 e. The van der Waals surface area contributed by atoms with Crippen LogP contribution in [0.4, 0.5) is 0 Å². The summed E-state index contributed by atoms with van der Waals surface area (Å²) >= 11 is 0.